The van der Waals surface area contributed by atoms with Crippen molar-refractivity contribution in [2.24, 2.45) is 0 Å². The van der Waals surface area contributed by atoms with Gasteiger partial charge in [0.15, 0.2) is 5.82 Å². The summed E-state index contributed by atoms with van der Waals surface area (Å²) in [5.41, 5.74) is -1.04. The third-order valence-corrected chi connectivity index (χ3v) is 3.24. The summed E-state index contributed by atoms with van der Waals surface area (Å²) in [5.74, 6) is 0.0144. The monoisotopic (exact) mass is 283 g/mol. The van der Waals surface area contributed by atoms with Crippen LogP contribution in [0.3, 0.4) is 0 Å². The Morgan fingerprint density at radius 1 is 1.42 bits per heavy atom. The van der Waals surface area contributed by atoms with Crippen LogP contribution in [0.2, 0.25) is 5.02 Å². The first-order chi connectivity index (χ1) is 9.04. The molecule has 2 aliphatic heterocycles. The van der Waals surface area contributed by atoms with Gasteiger partial charge >= 0.3 is 11.1 Å². The lowest BCUT2D eigenvalue weighted by Gasteiger charge is -2.14. The molecule has 2 heterocycles. The molecule has 0 amide bonds. The lowest BCUT2D eigenvalue weighted by molar-refractivity contribution is 0.175. The minimum Gasteiger partial charge on any atom is -0.427 e. The Balaban J connectivity index is 2.55. The fourth-order valence-electron chi connectivity index (χ4n) is 1.91. The summed E-state index contributed by atoms with van der Waals surface area (Å²) in [4.78, 5) is 28.3. The standard InChI is InChI=1S/C12H14ClN3O3/c1-2-3-4-5-9-7(13)6-8-10(16(9)19)15-12(18)11(17)14-8/h6,19H,2-5H2,1H3,(H,14,17). The average Bonchev–Trinajstić information content (AvgIpc) is 2.36. The van der Waals surface area contributed by atoms with Crippen LogP contribution in [0.1, 0.15) is 31.9 Å². The van der Waals surface area contributed by atoms with E-state index in [0.29, 0.717) is 17.1 Å². The van der Waals surface area contributed by atoms with Crippen molar-refractivity contribution in [1.82, 2.24) is 14.7 Å². The van der Waals surface area contributed by atoms with Gasteiger partial charge in [-0.2, -0.15) is 9.71 Å². The number of unbranched alkanes of at least 4 members (excludes halogenated alkanes) is 2. The number of aromatic amines is 1. The van der Waals surface area contributed by atoms with E-state index in [2.05, 4.69) is 16.9 Å². The highest BCUT2D eigenvalue weighted by molar-refractivity contribution is 6.31. The Hall–Kier alpha value is -1.82. The van der Waals surface area contributed by atoms with Crippen molar-refractivity contribution >= 4 is 11.6 Å². The highest BCUT2D eigenvalue weighted by Crippen LogP contribution is 2.25. The topological polar surface area (TPSA) is 88.0 Å². The van der Waals surface area contributed by atoms with Crippen molar-refractivity contribution < 1.29 is 5.21 Å². The average molecular weight is 284 g/mol. The van der Waals surface area contributed by atoms with Crippen molar-refractivity contribution in [1.29, 1.82) is 0 Å². The van der Waals surface area contributed by atoms with E-state index in [9.17, 15) is 14.8 Å². The molecule has 0 fully saturated rings. The summed E-state index contributed by atoms with van der Waals surface area (Å²) >= 11 is 6.07. The smallest absolute Gasteiger partial charge is 0.337 e. The molecule has 0 aromatic heterocycles. The van der Waals surface area contributed by atoms with Crippen molar-refractivity contribution in [2.45, 2.75) is 32.6 Å². The van der Waals surface area contributed by atoms with Gasteiger partial charge in [0.05, 0.1) is 16.4 Å². The second-order valence-electron chi connectivity index (χ2n) is 4.32. The fraction of sp³-hybridized carbons (Fsp3) is 0.417. The SMILES string of the molecule is CCCCCc1c(Cl)cc2[nH]c(=O)c(=O)nc-2n1O. The van der Waals surface area contributed by atoms with Gasteiger partial charge in [-0.3, -0.25) is 9.59 Å². The number of rotatable bonds is 4. The first-order valence-corrected chi connectivity index (χ1v) is 6.46. The third-order valence-electron chi connectivity index (χ3n) is 2.91. The summed E-state index contributed by atoms with van der Waals surface area (Å²) in [6.07, 6.45) is 3.51. The molecule has 6 nitrogen and oxygen atoms in total. The number of hydrogen-bond acceptors (Lipinski definition) is 4. The molecule has 2 aliphatic rings. The molecule has 19 heavy (non-hydrogen) atoms. The van der Waals surface area contributed by atoms with Crippen LogP contribution in [0.25, 0.3) is 11.5 Å². The quantitative estimate of drug-likeness (QED) is 0.507. The largest absolute Gasteiger partial charge is 0.427 e. The predicted molar refractivity (Wildman–Crippen MR) is 71.2 cm³/mol. The fourth-order valence-corrected chi connectivity index (χ4v) is 2.19. The number of fused-ring (bicyclic) bond motifs is 1. The molecule has 0 bridgehead atoms. The molecule has 0 radical (unpaired) electrons. The molecule has 0 aromatic rings. The first-order valence-electron chi connectivity index (χ1n) is 6.08. The van der Waals surface area contributed by atoms with Crippen LogP contribution in [0.15, 0.2) is 15.7 Å². The van der Waals surface area contributed by atoms with E-state index in [0.717, 1.165) is 24.0 Å². The molecular formula is C12H14ClN3O3. The van der Waals surface area contributed by atoms with Crippen LogP contribution < -0.4 is 11.1 Å². The summed E-state index contributed by atoms with van der Waals surface area (Å²) in [7, 11) is 0. The van der Waals surface area contributed by atoms with E-state index in [1.54, 1.807) is 0 Å². The number of aromatic nitrogens is 3. The summed E-state index contributed by atoms with van der Waals surface area (Å²) < 4.78 is 0.782. The van der Waals surface area contributed by atoms with Gasteiger partial charge in [-0.15, -0.1) is 0 Å². The first kappa shape index (κ1) is 13.6. The molecule has 102 valence electrons. The Bertz CT molecular complexity index is 677. The number of pyridine rings is 1. The second kappa shape index (κ2) is 5.44. The minimum atomic E-state index is -0.933. The maximum Gasteiger partial charge on any atom is 0.337 e. The Kier molecular flexibility index (Phi) is 3.90. The minimum absolute atomic E-state index is 0.0144. The molecule has 0 unspecified atom stereocenters. The maximum atomic E-state index is 11.2. The van der Waals surface area contributed by atoms with Crippen LogP contribution >= 0.6 is 11.6 Å². The Labute approximate surface area is 114 Å². The van der Waals surface area contributed by atoms with Crippen molar-refractivity contribution in [3.8, 4) is 11.5 Å². The number of hydrogen-bond donors (Lipinski definition) is 2. The highest BCUT2D eigenvalue weighted by Gasteiger charge is 2.17. The molecule has 2 N–H and O–H groups in total. The van der Waals surface area contributed by atoms with E-state index in [1.807, 2.05) is 0 Å². The maximum absolute atomic E-state index is 11.2. The molecule has 0 saturated carbocycles. The molecule has 0 aromatic carbocycles. The van der Waals surface area contributed by atoms with Crippen LogP contribution in [-0.2, 0) is 6.42 Å². The van der Waals surface area contributed by atoms with E-state index in [-0.39, 0.29) is 11.5 Å². The zero-order valence-electron chi connectivity index (χ0n) is 10.4. The van der Waals surface area contributed by atoms with Crippen LogP contribution in [0, 0.1) is 0 Å². The summed E-state index contributed by atoms with van der Waals surface area (Å²) in [6, 6.07) is 1.50. The van der Waals surface area contributed by atoms with Gasteiger partial charge in [-0.25, -0.2) is 0 Å². The van der Waals surface area contributed by atoms with Gasteiger partial charge in [0, 0.05) is 0 Å². The summed E-state index contributed by atoms with van der Waals surface area (Å²) in [5, 5.41) is 10.4. The van der Waals surface area contributed by atoms with Crippen LogP contribution in [0.5, 0.6) is 0 Å². The molecule has 0 spiro atoms. The zero-order chi connectivity index (χ0) is 14.0. The van der Waals surface area contributed by atoms with E-state index in [4.69, 9.17) is 11.6 Å². The van der Waals surface area contributed by atoms with Crippen molar-refractivity contribution in [3.05, 3.63) is 37.5 Å². The normalized spacial score (nSPS) is 11.1. The van der Waals surface area contributed by atoms with Gasteiger partial charge < -0.3 is 10.2 Å². The molecule has 0 atom stereocenters. The van der Waals surface area contributed by atoms with Crippen LogP contribution in [-0.4, -0.2) is 19.9 Å². The van der Waals surface area contributed by atoms with Gasteiger partial charge in [0.2, 0.25) is 0 Å². The van der Waals surface area contributed by atoms with Gasteiger partial charge in [0.25, 0.3) is 0 Å². The van der Waals surface area contributed by atoms with Crippen molar-refractivity contribution in [2.75, 3.05) is 0 Å². The third kappa shape index (κ3) is 2.63. The van der Waals surface area contributed by atoms with Gasteiger partial charge in [-0.05, 0) is 18.9 Å². The number of nitrogens with one attached hydrogen (secondary N) is 1. The summed E-state index contributed by atoms with van der Waals surface area (Å²) in [6.45, 7) is 2.07. The molecule has 2 rings (SSSR count). The van der Waals surface area contributed by atoms with E-state index in [1.165, 1.54) is 6.07 Å². The molecule has 0 saturated heterocycles. The van der Waals surface area contributed by atoms with E-state index < -0.39 is 11.1 Å². The van der Waals surface area contributed by atoms with Gasteiger partial charge in [-0.1, -0.05) is 31.4 Å². The van der Waals surface area contributed by atoms with Crippen molar-refractivity contribution in [3.63, 3.8) is 0 Å². The molecule has 7 heteroatoms. The van der Waals surface area contributed by atoms with Gasteiger partial charge in [0.1, 0.15) is 0 Å². The lowest BCUT2D eigenvalue weighted by atomic mass is 10.1. The number of H-pyrrole nitrogens is 1. The molecular weight excluding hydrogens is 270 g/mol. The Morgan fingerprint density at radius 3 is 2.84 bits per heavy atom. The highest BCUT2D eigenvalue weighted by atomic mass is 35.5. The Morgan fingerprint density at radius 2 is 2.16 bits per heavy atom. The zero-order valence-corrected chi connectivity index (χ0v) is 11.2. The number of halogens is 1. The second-order valence-corrected chi connectivity index (χ2v) is 4.72. The number of nitrogens with zero attached hydrogens (tertiary/aromatic N) is 2. The molecule has 0 aliphatic carbocycles. The van der Waals surface area contributed by atoms with E-state index >= 15 is 0 Å². The lowest BCUT2D eigenvalue weighted by Crippen LogP contribution is -2.32. The predicted octanol–water partition coefficient (Wildman–Crippen LogP) is 1.66. The van der Waals surface area contributed by atoms with Crippen LogP contribution in [0.4, 0.5) is 0 Å².